The summed E-state index contributed by atoms with van der Waals surface area (Å²) in [6.45, 7) is 18.3. The second kappa shape index (κ2) is 19.7. The highest BCUT2D eigenvalue weighted by Gasteiger charge is 2.39. The summed E-state index contributed by atoms with van der Waals surface area (Å²) in [5.41, 5.74) is 0. The van der Waals surface area contributed by atoms with Crippen molar-refractivity contribution in [3.05, 3.63) is 0 Å². The van der Waals surface area contributed by atoms with Gasteiger partial charge in [-0.3, -0.25) is 4.79 Å². The van der Waals surface area contributed by atoms with E-state index in [0.717, 1.165) is 30.6 Å². The highest BCUT2D eigenvalue weighted by atomic mass is 16.4. The van der Waals surface area contributed by atoms with Crippen molar-refractivity contribution >= 4 is 5.97 Å². The molecule has 2 heteroatoms. The average Bonchev–Trinajstić information content (AvgIpc) is 2.77. The van der Waals surface area contributed by atoms with Crippen molar-refractivity contribution < 1.29 is 9.90 Å². The number of hydrogen-bond acceptors (Lipinski definition) is 1. The van der Waals surface area contributed by atoms with Gasteiger partial charge in [-0.05, 0) is 41.9 Å². The SMILES string of the molecule is CCCC(CCCCCC(C)C)C(CCC)C(CCC)C(CCC)C(CCC)C(C)C(=O)O. The molecule has 6 unspecified atom stereocenters. The molecule has 2 nitrogen and oxygen atoms in total. The van der Waals surface area contributed by atoms with Gasteiger partial charge < -0.3 is 5.11 Å². The molecule has 198 valence electrons. The summed E-state index contributed by atoms with van der Waals surface area (Å²) in [6.07, 6.45) is 19.1. The minimum absolute atomic E-state index is 0.233. The molecule has 0 aromatic carbocycles. The van der Waals surface area contributed by atoms with E-state index in [1.165, 1.54) is 83.5 Å². The Morgan fingerprint density at radius 3 is 1.42 bits per heavy atom. The Balaban J connectivity index is 5.88. The van der Waals surface area contributed by atoms with Crippen LogP contribution in [0.1, 0.15) is 152 Å². The molecule has 33 heavy (non-hydrogen) atoms. The maximum absolute atomic E-state index is 12.1. The van der Waals surface area contributed by atoms with Crippen LogP contribution < -0.4 is 0 Å². The highest BCUT2D eigenvalue weighted by molar-refractivity contribution is 5.69. The van der Waals surface area contributed by atoms with Gasteiger partial charge in [-0.2, -0.15) is 0 Å². The van der Waals surface area contributed by atoms with E-state index in [1.807, 2.05) is 6.92 Å². The molecule has 0 radical (unpaired) electrons. The lowest BCUT2D eigenvalue weighted by Gasteiger charge is -2.43. The quantitative estimate of drug-likeness (QED) is 0.161. The molecular formula is C31H62O2. The molecular weight excluding hydrogens is 404 g/mol. The number of carboxylic acids is 1. The molecule has 0 amide bonds. The molecule has 0 spiro atoms. The molecule has 0 rings (SSSR count). The normalized spacial score (nSPS) is 17.5. The predicted molar refractivity (Wildman–Crippen MR) is 147 cm³/mol. The van der Waals surface area contributed by atoms with Gasteiger partial charge in [-0.25, -0.2) is 0 Å². The Hall–Kier alpha value is -0.530. The van der Waals surface area contributed by atoms with E-state index >= 15 is 0 Å². The van der Waals surface area contributed by atoms with Gasteiger partial charge in [-0.15, -0.1) is 0 Å². The fraction of sp³-hybridized carbons (Fsp3) is 0.968. The minimum Gasteiger partial charge on any atom is -0.481 e. The van der Waals surface area contributed by atoms with Crippen molar-refractivity contribution in [2.45, 2.75) is 152 Å². The lowest BCUT2D eigenvalue weighted by atomic mass is 9.62. The van der Waals surface area contributed by atoms with Crippen molar-refractivity contribution in [2.24, 2.45) is 41.4 Å². The van der Waals surface area contributed by atoms with Crippen LogP contribution in [0, 0.1) is 41.4 Å². The summed E-state index contributed by atoms with van der Waals surface area (Å²) in [5, 5.41) is 9.95. The van der Waals surface area contributed by atoms with Crippen LogP contribution in [0.5, 0.6) is 0 Å². The number of carbonyl (C=O) groups is 1. The summed E-state index contributed by atoms with van der Waals surface area (Å²) < 4.78 is 0. The lowest BCUT2D eigenvalue weighted by Crippen LogP contribution is -2.37. The number of aliphatic carboxylic acids is 1. The molecule has 0 saturated heterocycles. The zero-order valence-electron chi connectivity index (χ0n) is 24.0. The fourth-order valence-electron chi connectivity index (χ4n) is 6.72. The Morgan fingerprint density at radius 2 is 0.970 bits per heavy atom. The third-order valence-electron chi connectivity index (χ3n) is 8.29. The summed E-state index contributed by atoms with van der Waals surface area (Å²) in [6, 6.07) is 0. The first-order valence-electron chi connectivity index (χ1n) is 15.0. The Bertz CT molecular complexity index is 458. The zero-order chi connectivity index (χ0) is 25.2. The van der Waals surface area contributed by atoms with E-state index in [1.54, 1.807) is 0 Å². The number of unbranched alkanes of at least 4 members (excludes halogenated alkanes) is 2. The van der Waals surface area contributed by atoms with Crippen LogP contribution in [-0.4, -0.2) is 11.1 Å². The van der Waals surface area contributed by atoms with Gasteiger partial charge in [0.2, 0.25) is 0 Å². The smallest absolute Gasteiger partial charge is 0.306 e. The fourth-order valence-corrected chi connectivity index (χ4v) is 6.72. The van der Waals surface area contributed by atoms with E-state index in [-0.39, 0.29) is 5.92 Å². The molecule has 6 atom stereocenters. The summed E-state index contributed by atoms with van der Waals surface area (Å²) >= 11 is 0. The number of hydrogen-bond donors (Lipinski definition) is 1. The van der Waals surface area contributed by atoms with Crippen molar-refractivity contribution in [1.29, 1.82) is 0 Å². The van der Waals surface area contributed by atoms with Gasteiger partial charge in [0.25, 0.3) is 0 Å². The van der Waals surface area contributed by atoms with E-state index in [4.69, 9.17) is 0 Å². The summed E-state index contributed by atoms with van der Waals surface area (Å²) in [4.78, 5) is 12.1. The standard InChI is InChI=1S/C31H62O2/c1-9-17-26(23-16-14-15-22-24(6)7)28(19-11-3)30(21-13-5)29(20-12-4)27(18-10-2)25(8)31(32)33/h24-30H,9-23H2,1-8H3,(H,32,33). The molecule has 0 aromatic heterocycles. The summed E-state index contributed by atoms with van der Waals surface area (Å²) in [7, 11) is 0. The molecule has 0 fully saturated rings. The van der Waals surface area contributed by atoms with Crippen LogP contribution in [-0.2, 0) is 4.79 Å². The molecule has 0 aliphatic heterocycles. The Kier molecular flexibility index (Phi) is 19.4. The number of rotatable bonds is 22. The first kappa shape index (κ1) is 32.5. The zero-order valence-corrected chi connectivity index (χ0v) is 24.0. The first-order valence-corrected chi connectivity index (χ1v) is 15.0. The van der Waals surface area contributed by atoms with Gasteiger partial charge in [-0.1, -0.05) is 145 Å². The van der Waals surface area contributed by atoms with Crippen molar-refractivity contribution in [2.75, 3.05) is 0 Å². The van der Waals surface area contributed by atoms with Crippen LogP contribution in [0.2, 0.25) is 0 Å². The molecule has 0 aromatic rings. The number of carboxylic acid groups (broad SMARTS) is 1. The average molecular weight is 467 g/mol. The molecule has 0 aliphatic rings. The van der Waals surface area contributed by atoms with Crippen LogP contribution in [0.25, 0.3) is 0 Å². The van der Waals surface area contributed by atoms with Gasteiger partial charge >= 0.3 is 5.97 Å². The molecule has 0 bridgehead atoms. The predicted octanol–water partition coefficient (Wildman–Crippen LogP) is 10.4. The lowest BCUT2D eigenvalue weighted by molar-refractivity contribution is -0.144. The first-order chi connectivity index (χ1) is 15.8. The summed E-state index contributed by atoms with van der Waals surface area (Å²) in [5.74, 6) is 3.12. The monoisotopic (exact) mass is 466 g/mol. The van der Waals surface area contributed by atoms with Crippen LogP contribution in [0.3, 0.4) is 0 Å². The van der Waals surface area contributed by atoms with Crippen molar-refractivity contribution in [1.82, 2.24) is 0 Å². The van der Waals surface area contributed by atoms with Gasteiger partial charge in [0.15, 0.2) is 0 Å². The second-order valence-electron chi connectivity index (χ2n) is 11.5. The molecule has 0 aliphatic carbocycles. The van der Waals surface area contributed by atoms with Gasteiger partial charge in [0, 0.05) is 0 Å². The van der Waals surface area contributed by atoms with E-state index in [9.17, 15) is 9.90 Å². The molecule has 1 N–H and O–H groups in total. The highest BCUT2D eigenvalue weighted by Crippen LogP contribution is 2.45. The van der Waals surface area contributed by atoms with Crippen molar-refractivity contribution in [3.63, 3.8) is 0 Å². The third-order valence-corrected chi connectivity index (χ3v) is 8.29. The third kappa shape index (κ3) is 12.7. The second-order valence-corrected chi connectivity index (χ2v) is 11.5. The van der Waals surface area contributed by atoms with Gasteiger partial charge in [0.05, 0.1) is 5.92 Å². The minimum atomic E-state index is -0.591. The van der Waals surface area contributed by atoms with Crippen LogP contribution >= 0.6 is 0 Å². The van der Waals surface area contributed by atoms with E-state index in [2.05, 4.69) is 48.5 Å². The van der Waals surface area contributed by atoms with Crippen molar-refractivity contribution in [3.8, 4) is 0 Å². The van der Waals surface area contributed by atoms with Crippen LogP contribution in [0.4, 0.5) is 0 Å². The van der Waals surface area contributed by atoms with Gasteiger partial charge in [0.1, 0.15) is 0 Å². The Labute approximate surface area is 209 Å². The van der Waals surface area contributed by atoms with E-state index in [0.29, 0.717) is 17.8 Å². The largest absolute Gasteiger partial charge is 0.481 e. The molecule has 0 saturated carbocycles. The maximum Gasteiger partial charge on any atom is 0.306 e. The maximum atomic E-state index is 12.1. The van der Waals surface area contributed by atoms with E-state index < -0.39 is 5.97 Å². The van der Waals surface area contributed by atoms with Crippen LogP contribution in [0.15, 0.2) is 0 Å². The Morgan fingerprint density at radius 1 is 0.545 bits per heavy atom. The topological polar surface area (TPSA) is 37.3 Å². The molecule has 0 heterocycles.